The van der Waals surface area contributed by atoms with Crippen LogP contribution in [0.1, 0.15) is 42.1 Å². The summed E-state index contributed by atoms with van der Waals surface area (Å²) in [5, 5.41) is 10.5. The molecule has 1 aromatic carbocycles. The monoisotopic (exact) mass is 485 g/mol. The van der Waals surface area contributed by atoms with Crippen molar-refractivity contribution < 1.29 is 19.1 Å². The molecule has 4 rings (SSSR count). The standard InChI is InChI=1S/C25H32FN5O4/c1-25(2)24-27-21(19(32)9-6-17-4-7-18(26)8-5-17)22(34)23(35)31(24)15-14-30(25)16-20(33)29-12-10-28(3)11-13-29/h4-5,7-8,34H,6,9-16H2,1-3H3. The van der Waals surface area contributed by atoms with E-state index >= 15 is 0 Å². The van der Waals surface area contributed by atoms with Crippen molar-refractivity contribution >= 4 is 11.7 Å². The molecule has 1 amide bonds. The Bertz CT molecular complexity index is 1170. The van der Waals surface area contributed by atoms with E-state index in [4.69, 9.17) is 0 Å². The number of amides is 1. The maximum Gasteiger partial charge on any atom is 0.296 e. The second kappa shape index (κ2) is 9.87. The van der Waals surface area contributed by atoms with Crippen LogP contribution in [0.4, 0.5) is 4.39 Å². The molecule has 35 heavy (non-hydrogen) atoms. The van der Waals surface area contributed by atoms with Gasteiger partial charge in [-0.15, -0.1) is 0 Å². The summed E-state index contributed by atoms with van der Waals surface area (Å²) in [5.41, 5.74) is -0.955. The molecule has 2 aromatic rings. The molecular formula is C25H32FN5O4. The Balaban J connectivity index is 1.54. The number of halogens is 1. The normalized spacial score (nSPS) is 18.3. The van der Waals surface area contributed by atoms with E-state index in [-0.39, 0.29) is 36.9 Å². The van der Waals surface area contributed by atoms with Crippen molar-refractivity contribution in [2.75, 3.05) is 46.3 Å². The SMILES string of the molecule is CN1CCN(C(=O)CN2CCn3c(nc(C(=O)CCc4ccc(F)cc4)c(O)c3=O)C2(C)C)CC1. The van der Waals surface area contributed by atoms with Crippen molar-refractivity contribution in [3.8, 4) is 5.75 Å². The lowest BCUT2D eigenvalue weighted by Gasteiger charge is -2.43. The minimum Gasteiger partial charge on any atom is -0.501 e. The maximum absolute atomic E-state index is 13.1. The van der Waals surface area contributed by atoms with E-state index < -0.39 is 22.6 Å². The quantitative estimate of drug-likeness (QED) is 0.615. The molecule has 0 radical (unpaired) electrons. The predicted molar refractivity (Wildman–Crippen MR) is 128 cm³/mol. The first-order chi connectivity index (χ1) is 16.6. The molecule has 10 heteroatoms. The first-order valence-electron chi connectivity index (χ1n) is 11.9. The largest absolute Gasteiger partial charge is 0.501 e. The van der Waals surface area contributed by atoms with Crippen LogP contribution in [0.25, 0.3) is 0 Å². The zero-order chi connectivity index (χ0) is 25.3. The van der Waals surface area contributed by atoms with Crippen LogP contribution < -0.4 is 5.56 Å². The predicted octanol–water partition coefficient (Wildman–Crippen LogP) is 1.23. The summed E-state index contributed by atoms with van der Waals surface area (Å²) in [6.45, 7) is 7.64. The van der Waals surface area contributed by atoms with Crippen LogP contribution >= 0.6 is 0 Å². The lowest BCUT2D eigenvalue weighted by atomic mass is 9.97. The number of benzene rings is 1. The smallest absolute Gasteiger partial charge is 0.296 e. The topological polar surface area (TPSA) is 99.0 Å². The Kier molecular flexibility index (Phi) is 7.05. The van der Waals surface area contributed by atoms with Crippen molar-refractivity contribution in [1.82, 2.24) is 24.3 Å². The Labute approximate surface area is 203 Å². The molecule has 2 aliphatic heterocycles. The summed E-state index contributed by atoms with van der Waals surface area (Å²) >= 11 is 0. The van der Waals surface area contributed by atoms with Crippen LogP contribution in [0.5, 0.6) is 5.75 Å². The Morgan fingerprint density at radius 1 is 1.06 bits per heavy atom. The Morgan fingerprint density at radius 3 is 2.37 bits per heavy atom. The summed E-state index contributed by atoms with van der Waals surface area (Å²) in [6, 6.07) is 5.83. The molecule has 0 saturated carbocycles. The summed E-state index contributed by atoms with van der Waals surface area (Å²) in [5.74, 6) is -1.11. The summed E-state index contributed by atoms with van der Waals surface area (Å²) in [7, 11) is 2.03. The number of nitrogens with zero attached hydrogens (tertiary/aromatic N) is 5. The van der Waals surface area contributed by atoms with Crippen molar-refractivity contribution in [2.24, 2.45) is 0 Å². The van der Waals surface area contributed by atoms with Crippen molar-refractivity contribution in [3.63, 3.8) is 0 Å². The third-order valence-electron chi connectivity index (χ3n) is 7.08. The second-order valence-corrected chi connectivity index (χ2v) is 9.80. The fourth-order valence-electron chi connectivity index (χ4n) is 4.68. The molecule has 9 nitrogen and oxygen atoms in total. The van der Waals surface area contributed by atoms with Gasteiger partial charge in [0.15, 0.2) is 11.5 Å². The molecule has 1 fully saturated rings. The first kappa shape index (κ1) is 25.0. The van der Waals surface area contributed by atoms with Crippen LogP contribution in [0, 0.1) is 5.82 Å². The molecule has 2 aliphatic rings. The van der Waals surface area contributed by atoms with Gasteiger partial charge in [-0.2, -0.15) is 0 Å². The van der Waals surface area contributed by atoms with Gasteiger partial charge in [0, 0.05) is 45.7 Å². The van der Waals surface area contributed by atoms with E-state index in [0.29, 0.717) is 31.9 Å². The molecule has 1 N–H and O–H groups in total. The van der Waals surface area contributed by atoms with Crippen molar-refractivity contribution in [1.29, 1.82) is 0 Å². The highest BCUT2D eigenvalue weighted by Gasteiger charge is 2.40. The molecule has 1 saturated heterocycles. The van der Waals surface area contributed by atoms with Crippen LogP contribution in [-0.4, -0.2) is 87.4 Å². The molecule has 0 atom stereocenters. The van der Waals surface area contributed by atoms with E-state index in [2.05, 4.69) is 9.88 Å². The number of aromatic nitrogens is 2. The fourth-order valence-corrected chi connectivity index (χ4v) is 4.68. The van der Waals surface area contributed by atoms with Gasteiger partial charge >= 0.3 is 0 Å². The highest BCUT2D eigenvalue weighted by molar-refractivity contribution is 5.96. The van der Waals surface area contributed by atoms with Gasteiger partial charge in [0.05, 0.1) is 12.1 Å². The number of hydrogen-bond acceptors (Lipinski definition) is 7. The summed E-state index contributed by atoms with van der Waals surface area (Å²) in [6.07, 6.45) is 0.342. The minimum absolute atomic E-state index is 0.0150. The minimum atomic E-state index is -0.806. The number of carbonyl (C=O) groups is 2. The zero-order valence-electron chi connectivity index (χ0n) is 20.5. The molecule has 0 spiro atoms. The number of carbonyl (C=O) groups excluding carboxylic acids is 2. The average molecular weight is 486 g/mol. The number of likely N-dealkylation sites (N-methyl/N-ethyl adjacent to an activating group) is 1. The fraction of sp³-hybridized carbons (Fsp3) is 0.520. The van der Waals surface area contributed by atoms with Gasteiger partial charge in [-0.3, -0.25) is 23.9 Å². The molecule has 3 heterocycles. The van der Waals surface area contributed by atoms with Crippen LogP contribution in [-0.2, 0) is 23.3 Å². The van der Waals surface area contributed by atoms with Gasteiger partial charge in [-0.1, -0.05) is 12.1 Å². The van der Waals surface area contributed by atoms with Crippen LogP contribution in [0.15, 0.2) is 29.1 Å². The summed E-state index contributed by atoms with van der Waals surface area (Å²) in [4.78, 5) is 49.3. The number of fused-ring (bicyclic) bond motifs is 1. The third kappa shape index (κ3) is 5.13. The number of aromatic hydroxyl groups is 1. The molecule has 0 unspecified atom stereocenters. The molecule has 0 aliphatic carbocycles. The maximum atomic E-state index is 13.1. The number of piperazine rings is 1. The van der Waals surface area contributed by atoms with Gasteiger partial charge < -0.3 is 14.9 Å². The van der Waals surface area contributed by atoms with Crippen LogP contribution in [0.2, 0.25) is 0 Å². The number of ketones is 1. The van der Waals surface area contributed by atoms with Crippen molar-refractivity contribution in [3.05, 3.63) is 57.5 Å². The van der Waals surface area contributed by atoms with Gasteiger partial charge in [0.2, 0.25) is 11.7 Å². The molecule has 0 bridgehead atoms. The number of Topliss-reactive ketones (excluding diaryl/α,β-unsaturated/α-hetero) is 1. The number of aryl methyl sites for hydroxylation is 1. The van der Waals surface area contributed by atoms with Gasteiger partial charge in [-0.05, 0) is 45.0 Å². The Morgan fingerprint density at radius 2 is 1.71 bits per heavy atom. The summed E-state index contributed by atoms with van der Waals surface area (Å²) < 4.78 is 14.5. The highest BCUT2D eigenvalue weighted by atomic mass is 19.1. The lowest BCUT2D eigenvalue weighted by molar-refractivity contribution is -0.136. The number of hydrogen-bond donors (Lipinski definition) is 1. The van der Waals surface area contributed by atoms with E-state index in [1.165, 1.54) is 16.7 Å². The third-order valence-corrected chi connectivity index (χ3v) is 7.08. The van der Waals surface area contributed by atoms with Gasteiger partial charge in [0.1, 0.15) is 11.6 Å². The van der Waals surface area contributed by atoms with E-state index in [1.54, 1.807) is 12.1 Å². The molecule has 1 aromatic heterocycles. The lowest BCUT2D eigenvalue weighted by Crippen LogP contribution is -2.57. The molecule has 188 valence electrons. The highest BCUT2D eigenvalue weighted by Crippen LogP contribution is 2.31. The van der Waals surface area contributed by atoms with E-state index in [1.807, 2.05) is 30.7 Å². The van der Waals surface area contributed by atoms with Crippen molar-refractivity contribution in [2.45, 2.75) is 38.8 Å². The average Bonchev–Trinajstić information content (AvgIpc) is 2.83. The number of rotatable bonds is 6. The van der Waals surface area contributed by atoms with Gasteiger partial charge in [0.25, 0.3) is 5.56 Å². The zero-order valence-corrected chi connectivity index (χ0v) is 20.5. The van der Waals surface area contributed by atoms with E-state index in [9.17, 15) is 23.9 Å². The van der Waals surface area contributed by atoms with Gasteiger partial charge in [-0.25, -0.2) is 9.37 Å². The van der Waals surface area contributed by atoms with E-state index in [0.717, 1.165) is 18.7 Å². The first-order valence-corrected chi connectivity index (χ1v) is 11.9. The second-order valence-electron chi connectivity index (χ2n) is 9.80. The molecular weight excluding hydrogens is 453 g/mol. The van der Waals surface area contributed by atoms with Crippen LogP contribution in [0.3, 0.4) is 0 Å². The Hall–Kier alpha value is -3.11.